The third kappa shape index (κ3) is 4.08. The molecule has 0 atom stereocenters. The van der Waals surface area contributed by atoms with Gasteiger partial charge in [-0.25, -0.2) is 0 Å². The first-order valence-electron chi connectivity index (χ1n) is 7.14. The molecule has 1 aromatic carbocycles. The van der Waals surface area contributed by atoms with Crippen LogP contribution in [0.3, 0.4) is 0 Å². The maximum Gasteiger partial charge on any atom is 0.270 e. The van der Waals surface area contributed by atoms with Gasteiger partial charge in [0.1, 0.15) is 10.9 Å². The molecule has 0 spiro atoms. The number of hydrogen-bond donors (Lipinski definition) is 1. The van der Waals surface area contributed by atoms with Crippen LogP contribution in [0.5, 0.6) is 0 Å². The van der Waals surface area contributed by atoms with Crippen molar-refractivity contribution in [2.75, 3.05) is 26.8 Å². The molecule has 1 heterocycles. The maximum atomic E-state index is 12.2. The zero-order valence-corrected chi connectivity index (χ0v) is 13.3. The van der Waals surface area contributed by atoms with Crippen molar-refractivity contribution >= 4 is 22.7 Å². The molecule has 0 saturated carbocycles. The quantitative estimate of drug-likeness (QED) is 0.814. The van der Waals surface area contributed by atoms with E-state index < -0.39 is 0 Å². The highest BCUT2D eigenvalue weighted by Crippen LogP contribution is 2.20. The molecule has 1 amide bonds. The largest absolute Gasteiger partial charge is 0.394 e. The Morgan fingerprint density at radius 2 is 2.14 bits per heavy atom. The molecular formula is C16H20ClN3O2. The predicted molar refractivity (Wildman–Crippen MR) is 87.7 cm³/mol. The maximum absolute atomic E-state index is 12.2. The van der Waals surface area contributed by atoms with Crippen molar-refractivity contribution < 1.29 is 9.53 Å². The summed E-state index contributed by atoms with van der Waals surface area (Å²) in [6, 6.07) is 9.80. The van der Waals surface area contributed by atoms with Gasteiger partial charge in [-0.05, 0) is 12.0 Å². The van der Waals surface area contributed by atoms with E-state index in [1.54, 1.807) is 12.0 Å². The fourth-order valence-electron chi connectivity index (χ4n) is 2.25. The Labute approximate surface area is 135 Å². The van der Waals surface area contributed by atoms with Crippen LogP contribution in [0.15, 0.2) is 46.6 Å². The summed E-state index contributed by atoms with van der Waals surface area (Å²) in [7, 11) is 1.60. The molecule has 1 aliphatic heterocycles. The van der Waals surface area contributed by atoms with E-state index in [1.807, 2.05) is 30.3 Å². The third-order valence-corrected chi connectivity index (χ3v) is 3.88. The highest BCUT2D eigenvalue weighted by Gasteiger charge is 2.26. The van der Waals surface area contributed by atoms with Crippen LogP contribution in [0.4, 0.5) is 0 Å². The minimum absolute atomic E-state index is 0.184. The molecule has 22 heavy (non-hydrogen) atoms. The first kappa shape index (κ1) is 16.5. The lowest BCUT2D eigenvalue weighted by molar-refractivity contribution is -0.128. The number of amides is 1. The SMILES string of the molecule is COCCN1CCC(C(Cl)=NCc2ccccc2)=C(N)C1=O. The van der Waals surface area contributed by atoms with Gasteiger partial charge in [-0.2, -0.15) is 0 Å². The second-order valence-corrected chi connectivity index (χ2v) is 5.38. The van der Waals surface area contributed by atoms with Crippen molar-refractivity contribution in [3.8, 4) is 0 Å². The molecule has 0 radical (unpaired) electrons. The Hall–Kier alpha value is -1.85. The van der Waals surface area contributed by atoms with Gasteiger partial charge in [-0.3, -0.25) is 9.79 Å². The van der Waals surface area contributed by atoms with E-state index in [4.69, 9.17) is 22.1 Å². The van der Waals surface area contributed by atoms with Gasteiger partial charge >= 0.3 is 0 Å². The van der Waals surface area contributed by atoms with E-state index in [0.717, 1.165) is 5.56 Å². The number of methoxy groups -OCH3 is 1. The molecule has 2 rings (SSSR count). The van der Waals surface area contributed by atoms with Gasteiger partial charge in [0.15, 0.2) is 0 Å². The second kappa shape index (κ2) is 7.96. The van der Waals surface area contributed by atoms with Crippen LogP contribution in [0, 0.1) is 0 Å². The Morgan fingerprint density at radius 3 is 2.82 bits per heavy atom. The zero-order chi connectivity index (χ0) is 15.9. The second-order valence-electron chi connectivity index (χ2n) is 5.02. The van der Waals surface area contributed by atoms with Crippen LogP contribution in [0.25, 0.3) is 0 Å². The topological polar surface area (TPSA) is 67.9 Å². The number of aliphatic imine (C=N–C) groups is 1. The number of nitrogens with zero attached hydrogens (tertiary/aromatic N) is 2. The summed E-state index contributed by atoms with van der Waals surface area (Å²) in [6.07, 6.45) is 0.610. The summed E-state index contributed by atoms with van der Waals surface area (Å²) in [5, 5.41) is 0.320. The molecule has 0 fully saturated rings. The monoisotopic (exact) mass is 321 g/mol. The van der Waals surface area contributed by atoms with Crippen LogP contribution >= 0.6 is 11.6 Å². The molecule has 2 N–H and O–H groups in total. The lowest BCUT2D eigenvalue weighted by atomic mass is 10.1. The highest BCUT2D eigenvalue weighted by atomic mass is 35.5. The van der Waals surface area contributed by atoms with Gasteiger partial charge < -0.3 is 15.4 Å². The van der Waals surface area contributed by atoms with E-state index in [-0.39, 0.29) is 11.6 Å². The fraction of sp³-hybridized carbons (Fsp3) is 0.375. The number of benzene rings is 1. The average molecular weight is 322 g/mol. The van der Waals surface area contributed by atoms with Crippen LogP contribution in [0.2, 0.25) is 0 Å². The van der Waals surface area contributed by atoms with Gasteiger partial charge in [0, 0.05) is 25.8 Å². The van der Waals surface area contributed by atoms with Gasteiger partial charge in [-0.1, -0.05) is 41.9 Å². The standard InChI is InChI=1S/C16H20ClN3O2/c1-22-10-9-20-8-7-13(14(18)16(20)21)15(17)19-11-12-5-3-2-4-6-12/h2-6H,7-11,18H2,1H3. The number of rotatable bonds is 6. The molecule has 6 heteroatoms. The fourth-order valence-corrected chi connectivity index (χ4v) is 2.51. The lowest BCUT2D eigenvalue weighted by Crippen LogP contribution is -2.42. The number of halogens is 1. The van der Waals surface area contributed by atoms with Crippen molar-refractivity contribution in [1.82, 2.24) is 4.90 Å². The molecule has 5 nitrogen and oxygen atoms in total. The van der Waals surface area contributed by atoms with E-state index in [0.29, 0.717) is 43.4 Å². The first-order chi connectivity index (χ1) is 10.6. The van der Waals surface area contributed by atoms with E-state index in [1.165, 1.54) is 0 Å². The average Bonchev–Trinajstić information content (AvgIpc) is 2.55. The summed E-state index contributed by atoms with van der Waals surface area (Å²) in [4.78, 5) is 18.2. The molecule has 0 aromatic heterocycles. The van der Waals surface area contributed by atoms with E-state index in [2.05, 4.69) is 4.99 Å². The summed E-state index contributed by atoms with van der Waals surface area (Å²) < 4.78 is 4.99. The zero-order valence-electron chi connectivity index (χ0n) is 12.6. The molecular weight excluding hydrogens is 302 g/mol. The van der Waals surface area contributed by atoms with E-state index in [9.17, 15) is 4.79 Å². The smallest absolute Gasteiger partial charge is 0.270 e. The van der Waals surface area contributed by atoms with Crippen molar-refractivity contribution in [1.29, 1.82) is 0 Å². The predicted octanol–water partition coefficient (Wildman–Crippen LogP) is 1.92. The van der Waals surface area contributed by atoms with E-state index >= 15 is 0 Å². The third-order valence-electron chi connectivity index (χ3n) is 3.53. The van der Waals surface area contributed by atoms with Crippen molar-refractivity contribution in [2.24, 2.45) is 10.7 Å². The molecule has 0 aliphatic carbocycles. The normalized spacial score (nSPS) is 16.4. The van der Waals surface area contributed by atoms with Crippen molar-refractivity contribution in [3.05, 3.63) is 47.2 Å². The first-order valence-corrected chi connectivity index (χ1v) is 7.52. The molecule has 118 valence electrons. The van der Waals surface area contributed by atoms with Gasteiger partial charge in [-0.15, -0.1) is 0 Å². The molecule has 0 unspecified atom stereocenters. The van der Waals surface area contributed by atoms with Crippen LogP contribution < -0.4 is 5.73 Å². The molecule has 0 saturated heterocycles. The Bertz CT molecular complexity index is 584. The van der Waals surface area contributed by atoms with Gasteiger partial charge in [0.05, 0.1) is 13.2 Å². The highest BCUT2D eigenvalue weighted by molar-refractivity contribution is 6.69. The van der Waals surface area contributed by atoms with Crippen LogP contribution in [0.1, 0.15) is 12.0 Å². The number of nitrogens with two attached hydrogens (primary N) is 1. The molecule has 1 aliphatic rings. The lowest BCUT2D eigenvalue weighted by Gasteiger charge is -2.28. The Morgan fingerprint density at radius 1 is 1.41 bits per heavy atom. The van der Waals surface area contributed by atoms with Crippen LogP contribution in [-0.2, 0) is 16.1 Å². The summed E-state index contributed by atoms with van der Waals surface area (Å²) in [5.41, 5.74) is 7.82. The number of carbonyl (C=O) groups is 1. The summed E-state index contributed by atoms with van der Waals surface area (Å²) in [5.74, 6) is -0.202. The minimum atomic E-state index is -0.202. The van der Waals surface area contributed by atoms with Crippen molar-refractivity contribution in [2.45, 2.75) is 13.0 Å². The molecule has 1 aromatic rings. The molecule has 0 bridgehead atoms. The summed E-state index contributed by atoms with van der Waals surface area (Å²) >= 11 is 6.24. The Balaban J connectivity index is 2.07. The van der Waals surface area contributed by atoms with Crippen LogP contribution in [-0.4, -0.2) is 42.8 Å². The number of ether oxygens (including phenoxy) is 1. The number of carbonyl (C=O) groups excluding carboxylic acids is 1. The van der Waals surface area contributed by atoms with Gasteiger partial charge in [0.25, 0.3) is 5.91 Å². The van der Waals surface area contributed by atoms with Crippen molar-refractivity contribution in [3.63, 3.8) is 0 Å². The number of hydrogen-bond acceptors (Lipinski definition) is 4. The van der Waals surface area contributed by atoms with Gasteiger partial charge in [0.2, 0.25) is 0 Å². The minimum Gasteiger partial charge on any atom is -0.394 e. The Kier molecular flexibility index (Phi) is 5.98. The summed E-state index contributed by atoms with van der Waals surface area (Å²) in [6.45, 7) is 2.07.